The highest BCUT2D eigenvalue weighted by Crippen LogP contribution is 2.44. The molecule has 0 spiro atoms. The van der Waals surface area contributed by atoms with E-state index in [0.29, 0.717) is 19.4 Å². The van der Waals surface area contributed by atoms with Gasteiger partial charge in [0.1, 0.15) is 18.4 Å². The van der Waals surface area contributed by atoms with E-state index in [1.54, 1.807) is 17.0 Å². The Hall–Kier alpha value is -5.89. The van der Waals surface area contributed by atoms with Gasteiger partial charge in [-0.25, -0.2) is 4.79 Å². The largest absolute Gasteiger partial charge is 0.508 e. The normalized spacial score (nSPS) is 15.5. The molecule has 0 bridgehead atoms. The third-order valence-corrected chi connectivity index (χ3v) is 10.3. The highest BCUT2D eigenvalue weighted by Gasteiger charge is 2.34. The van der Waals surface area contributed by atoms with Crippen molar-refractivity contribution >= 4 is 17.9 Å². The van der Waals surface area contributed by atoms with Gasteiger partial charge in [-0.1, -0.05) is 103 Å². The van der Waals surface area contributed by atoms with E-state index in [0.717, 1.165) is 55.6 Å². The lowest BCUT2D eigenvalue weighted by molar-refractivity contribution is -0.136. The minimum atomic E-state index is -0.771. The number of fused-ring (bicyclic) bond motifs is 4. The minimum Gasteiger partial charge on any atom is -0.508 e. The molecule has 5 aromatic carbocycles. The number of benzene rings is 5. The van der Waals surface area contributed by atoms with Crippen molar-refractivity contribution in [2.45, 2.75) is 57.7 Å². The average Bonchev–Trinajstić information content (AvgIpc) is 3.39. The number of amides is 3. The molecule has 1 aliphatic carbocycles. The average molecular weight is 694 g/mol. The van der Waals surface area contributed by atoms with E-state index in [4.69, 9.17) is 4.74 Å². The number of nitrogens with zero attached hydrogens (tertiary/aromatic N) is 1. The zero-order valence-electron chi connectivity index (χ0n) is 29.5. The molecule has 1 heterocycles. The molecule has 264 valence electrons. The second-order valence-electron chi connectivity index (χ2n) is 13.9. The molecule has 7 rings (SSSR count). The van der Waals surface area contributed by atoms with Crippen molar-refractivity contribution in [1.82, 2.24) is 15.5 Å². The van der Waals surface area contributed by atoms with Crippen LogP contribution in [0.2, 0.25) is 0 Å². The van der Waals surface area contributed by atoms with Gasteiger partial charge in [0.2, 0.25) is 11.8 Å². The Bertz CT molecular complexity index is 2040. The van der Waals surface area contributed by atoms with Gasteiger partial charge < -0.3 is 25.4 Å². The summed E-state index contributed by atoms with van der Waals surface area (Å²) in [7, 11) is 0. The number of aromatic hydroxyl groups is 1. The Morgan fingerprint density at radius 3 is 2.10 bits per heavy atom. The number of carbonyl (C=O) groups is 3. The van der Waals surface area contributed by atoms with Crippen molar-refractivity contribution < 1.29 is 24.2 Å². The molecule has 0 fully saturated rings. The van der Waals surface area contributed by atoms with Crippen LogP contribution in [0.5, 0.6) is 5.75 Å². The predicted molar refractivity (Wildman–Crippen MR) is 201 cm³/mol. The Morgan fingerprint density at radius 2 is 1.42 bits per heavy atom. The maximum atomic E-state index is 14.3. The Labute approximate surface area is 304 Å². The van der Waals surface area contributed by atoms with Crippen LogP contribution >= 0.6 is 0 Å². The number of phenols is 1. The highest BCUT2D eigenvalue weighted by atomic mass is 16.5. The Kier molecular flexibility index (Phi) is 10.1. The van der Waals surface area contributed by atoms with Gasteiger partial charge in [0.15, 0.2) is 0 Å². The van der Waals surface area contributed by atoms with E-state index in [9.17, 15) is 19.5 Å². The molecule has 8 heteroatoms. The second-order valence-corrected chi connectivity index (χ2v) is 13.9. The molecule has 8 nitrogen and oxygen atoms in total. The third kappa shape index (κ3) is 7.56. The van der Waals surface area contributed by atoms with E-state index in [-0.39, 0.29) is 43.1 Å². The van der Waals surface area contributed by atoms with Crippen LogP contribution in [0.4, 0.5) is 4.79 Å². The van der Waals surface area contributed by atoms with Gasteiger partial charge >= 0.3 is 6.09 Å². The molecule has 52 heavy (non-hydrogen) atoms. The quantitative estimate of drug-likeness (QED) is 0.150. The second kappa shape index (κ2) is 15.2. The number of carbonyl (C=O) groups excluding carboxylic acids is 3. The van der Waals surface area contributed by atoms with Gasteiger partial charge in [0.25, 0.3) is 0 Å². The number of alkyl carbamates (subject to hydrolysis) is 1. The van der Waals surface area contributed by atoms with Crippen LogP contribution in [0.25, 0.3) is 11.1 Å². The molecule has 0 aromatic heterocycles. The SMILES string of the molecule is Cc1cc(O)cc(C)c1C[C@@H](CN1Cc2ccccc2C[C@H](NC(=O)Cc2ccccc2)C1=O)NC(=O)OCC1c2ccccc2-c2ccccc21. The zero-order chi connectivity index (χ0) is 36.2. The molecule has 2 aliphatic rings. The van der Waals surface area contributed by atoms with Crippen LogP contribution in [0.1, 0.15) is 50.4 Å². The highest BCUT2D eigenvalue weighted by molar-refractivity contribution is 5.89. The molecular formula is C44H43N3O5. The van der Waals surface area contributed by atoms with E-state index in [2.05, 4.69) is 34.9 Å². The molecule has 0 saturated heterocycles. The summed E-state index contributed by atoms with van der Waals surface area (Å²) in [5, 5.41) is 16.4. The molecule has 2 atom stereocenters. The van der Waals surface area contributed by atoms with Gasteiger partial charge in [0, 0.05) is 25.4 Å². The van der Waals surface area contributed by atoms with Crippen molar-refractivity contribution in [2.75, 3.05) is 13.2 Å². The number of phenolic OH excluding ortho intramolecular Hbond substituents is 1. The Morgan fingerprint density at radius 1 is 0.827 bits per heavy atom. The van der Waals surface area contributed by atoms with Crippen LogP contribution < -0.4 is 10.6 Å². The van der Waals surface area contributed by atoms with Crippen molar-refractivity contribution in [1.29, 1.82) is 0 Å². The first-order valence-electron chi connectivity index (χ1n) is 17.8. The number of nitrogens with one attached hydrogen (secondary N) is 2. The van der Waals surface area contributed by atoms with Gasteiger partial charge in [-0.05, 0) is 88.0 Å². The summed E-state index contributed by atoms with van der Waals surface area (Å²) in [5.41, 5.74) is 10.1. The number of aryl methyl sites for hydroxylation is 2. The third-order valence-electron chi connectivity index (χ3n) is 10.3. The van der Waals surface area contributed by atoms with Gasteiger partial charge in [0.05, 0.1) is 12.5 Å². The first-order chi connectivity index (χ1) is 25.2. The number of rotatable bonds is 10. The summed E-state index contributed by atoms with van der Waals surface area (Å²) >= 11 is 0. The van der Waals surface area contributed by atoms with E-state index >= 15 is 0 Å². The standard InChI is InChI=1S/C44H43N3O5/c1-28-20-34(48)21-29(2)39(28)24-33(45-44(51)52-27-40-37-18-10-8-16-35(37)36-17-9-11-19-38(36)40)26-47-25-32-15-7-6-14-31(32)23-41(43(47)50)46-42(49)22-30-12-4-3-5-13-30/h3-21,33,40-41,48H,22-27H2,1-2H3,(H,45,51)(H,46,49)/t33-,41-/m0/s1. The van der Waals surface area contributed by atoms with Crippen molar-refractivity contribution in [3.8, 4) is 16.9 Å². The summed E-state index contributed by atoms with van der Waals surface area (Å²) < 4.78 is 5.96. The summed E-state index contributed by atoms with van der Waals surface area (Å²) in [6.45, 7) is 4.53. The fourth-order valence-electron chi connectivity index (χ4n) is 7.79. The molecule has 1 aliphatic heterocycles. The molecule has 0 unspecified atom stereocenters. The Balaban J connectivity index is 1.12. The van der Waals surface area contributed by atoms with Crippen LogP contribution in [-0.2, 0) is 40.1 Å². The van der Waals surface area contributed by atoms with E-state index < -0.39 is 18.2 Å². The summed E-state index contributed by atoms with van der Waals surface area (Å²) in [6.07, 6.45) is 0.361. The fraction of sp³-hybridized carbons (Fsp3) is 0.250. The topological polar surface area (TPSA) is 108 Å². The summed E-state index contributed by atoms with van der Waals surface area (Å²) in [6, 6.07) is 35.9. The monoisotopic (exact) mass is 693 g/mol. The first kappa shape index (κ1) is 34.6. The van der Waals surface area contributed by atoms with Crippen molar-refractivity contribution in [3.05, 3.63) is 160 Å². The minimum absolute atomic E-state index is 0.0953. The van der Waals surface area contributed by atoms with Crippen LogP contribution in [-0.4, -0.2) is 53.1 Å². The lowest BCUT2D eigenvalue weighted by atomic mass is 9.95. The van der Waals surface area contributed by atoms with Crippen LogP contribution in [0, 0.1) is 13.8 Å². The van der Waals surface area contributed by atoms with Crippen molar-refractivity contribution in [2.24, 2.45) is 0 Å². The molecular weight excluding hydrogens is 650 g/mol. The molecule has 3 N–H and O–H groups in total. The molecule has 3 amide bonds. The van der Waals surface area contributed by atoms with Gasteiger partial charge in [-0.2, -0.15) is 0 Å². The maximum Gasteiger partial charge on any atom is 0.407 e. The summed E-state index contributed by atoms with van der Waals surface area (Å²) in [5.74, 6) is -0.362. The molecule has 0 radical (unpaired) electrons. The van der Waals surface area contributed by atoms with Gasteiger partial charge in [-0.3, -0.25) is 9.59 Å². The number of ether oxygens (including phenoxy) is 1. The lowest BCUT2D eigenvalue weighted by Gasteiger charge is -2.30. The maximum absolute atomic E-state index is 14.3. The summed E-state index contributed by atoms with van der Waals surface area (Å²) in [4.78, 5) is 43.0. The first-order valence-corrected chi connectivity index (χ1v) is 17.8. The van der Waals surface area contributed by atoms with Crippen LogP contribution in [0.3, 0.4) is 0 Å². The zero-order valence-corrected chi connectivity index (χ0v) is 29.5. The number of hydrogen-bond donors (Lipinski definition) is 3. The van der Waals surface area contributed by atoms with Crippen LogP contribution in [0.15, 0.2) is 115 Å². The van der Waals surface area contributed by atoms with Crippen molar-refractivity contribution in [3.63, 3.8) is 0 Å². The lowest BCUT2D eigenvalue weighted by Crippen LogP contribution is -2.52. The smallest absolute Gasteiger partial charge is 0.407 e. The number of hydrogen-bond acceptors (Lipinski definition) is 5. The molecule has 0 saturated carbocycles. The fourth-order valence-corrected chi connectivity index (χ4v) is 7.79. The van der Waals surface area contributed by atoms with E-state index in [1.807, 2.05) is 92.7 Å². The van der Waals surface area contributed by atoms with Gasteiger partial charge in [-0.15, -0.1) is 0 Å². The molecule has 5 aromatic rings. The predicted octanol–water partition coefficient (Wildman–Crippen LogP) is 6.77. The van der Waals surface area contributed by atoms with E-state index in [1.165, 1.54) is 0 Å².